The van der Waals surface area contributed by atoms with Crippen molar-refractivity contribution in [1.82, 2.24) is 0 Å². The largest absolute Gasteiger partial charge is 1.00 e. The topological polar surface area (TPSA) is 90.5 Å². The average Bonchev–Trinajstić information content (AvgIpc) is 2.44. The maximum Gasteiger partial charge on any atom is 0.411 e. The Morgan fingerprint density at radius 2 is 1.95 bits per heavy atom. The van der Waals surface area contributed by atoms with Gasteiger partial charge in [-0.1, -0.05) is 17.7 Å². The van der Waals surface area contributed by atoms with Crippen molar-refractivity contribution in [2.45, 2.75) is 13.8 Å². The maximum atomic E-state index is 11.3. The van der Waals surface area contributed by atoms with Crippen LogP contribution >= 0.6 is 0 Å². The van der Waals surface area contributed by atoms with Crippen molar-refractivity contribution in [3.05, 3.63) is 42.1 Å². The first kappa shape index (κ1) is 17.6. The lowest BCUT2D eigenvalue weighted by Crippen LogP contribution is -3.00. The molecule has 0 spiro atoms. The van der Waals surface area contributed by atoms with Crippen LogP contribution in [0.25, 0.3) is 0 Å². The number of carbonyl (C=O) groups excluding carboxylic acids is 1. The van der Waals surface area contributed by atoms with Gasteiger partial charge in [0.05, 0.1) is 12.3 Å². The van der Waals surface area contributed by atoms with Crippen LogP contribution in [0.3, 0.4) is 0 Å². The summed E-state index contributed by atoms with van der Waals surface area (Å²) in [5, 5.41) is 5.76. The Labute approximate surface area is 135 Å². The molecule has 1 heterocycles. The van der Waals surface area contributed by atoms with E-state index in [1.165, 1.54) is 5.56 Å². The van der Waals surface area contributed by atoms with E-state index in [0.717, 1.165) is 5.69 Å². The van der Waals surface area contributed by atoms with Gasteiger partial charge in [-0.05, 0) is 32.0 Å². The molecule has 7 heteroatoms. The lowest BCUT2D eigenvalue weighted by Gasteiger charge is -2.06. The second-order valence-electron chi connectivity index (χ2n) is 4.56. The molecule has 0 unspecified atom stereocenters. The Morgan fingerprint density at radius 3 is 2.55 bits per heavy atom. The number of H-pyrrole nitrogens is 1. The normalized spacial score (nSPS) is 9.55. The maximum absolute atomic E-state index is 11.3. The van der Waals surface area contributed by atoms with Crippen LogP contribution in [0.15, 0.2) is 36.5 Å². The smallest absolute Gasteiger partial charge is 0.411 e. The lowest BCUT2D eigenvalue weighted by atomic mass is 10.2. The third-order valence-corrected chi connectivity index (χ3v) is 2.81. The van der Waals surface area contributed by atoms with Crippen LogP contribution in [0.1, 0.15) is 12.5 Å². The molecule has 0 aliphatic rings. The van der Waals surface area contributed by atoms with Gasteiger partial charge in [0.15, 0.2) is 0 Å². The van der Waals surface area contributed by atoms with Crippen LogP contribution < -0.4 is 33.8 Å². The number of ether oxygens (including phenoxy) is 1. The highest BCUT2D eigenvalue weighted by Crippen LogP contribution is 2.21. The monoisotopic (exact) mass is 322 g/mol. The number of pyridine rings is 1. The third-order valence-electron chi connectivity index (χ3n) is 2.81. The van der Waals surface area contributed by atoms with Gasteiger partial charge in [0.25, 0.3) is 0 Å². The van der Waals surface area contributed by atoms with Gasteiger partial charge >= 0.3 is 11.9 Å². The third kappa shape index (κ3) is 4.82. The van der Waals surface area contributed by atoms with Gasteiger partial charge in [-0.3, -0.25) is 5.32 Å². The van der Waals surface area contributed by atoms with E-state index in [1.54, 1.807) is 19.2 Å². The summed E-state index contributed by atoms with van der Waals surface area (Å²) in [5.41, 5.74) is 9.11. The number of anilines is 4. The zero-order valence-electron chi connectivity index (χ0n) is 12.4. The van der Waals surface area contributed by atoms with Crippen LogP contribution in [-0.4, -0.2) is 12.7 Å². The molecule has 1 aromatic carbocycles. The Morgan fingerprint density at radius 1 is 1.27 bits per heavy atom. The number of nitrogen functional groups attached to an aromatic ring is 1. The molecule has 1 aromatic heterocycles. The van der Waals surface area contributed by atoms with E-state index in [2.05, 4.69) is 15.6 Å². The van der Waals surface area contributed by atoms with Crippen LogP contribution in [0.4, 0.5) is 27.7 Å². The molecule has 2 aromatic rings. The van der Waals surface area contributed by atoms with E-state index < -0.39 is 6.09 Å². The SMILES string of the molecule is CCOC(=O)Nc1c[nH+]c(Nc2ccc(C)cc2)c(N)c1.[Cl-]. The van der Waals surface area contributed by atoms with Crippen molar-refractivity contribution in [3.63, 3.8) is 0 Å². The molecule has 1 amide bonds. The fourth-order valence-corrected chi connectivity index (χ4v) is 1.76. The summed E-state index contributed by atoms with van der Waals surface area (Å²) in [5.74, 6) is 0.660. The lowest BCUT2D eigenvalue weighted by molar-refractivity contribution is -0.358. The molecule has 0 saturated heterocycles. The zero-order chi connectivity index (χ0) is 15.2. The van der Waals surface area contributed by atoms with Crippen molar-refractivity contribution >= 4 is 29.0 Å². The van der Waals surface area contributed by atoms with E-state index >= 15 is 0 Å². The van der Waals surface area contributed by atoms with Crippen molar-refractivity contribution in [2.24, 2.45) is 0 Å². The fraction of sp³-hybridized carbons (Fsp3) is 0.200. The number of benzene rings is 1. The Balaban J connectivity index is 0.00000242. The molecule has 0 saturated carbocycles. The highest BCUT2D eigenvalue weighted by Gasteiger charge is 2.11. The molecule has 22 heavy (non-hydrogen) atoms. The number of aryl methyl sites for hydroxylation is 1. The van der Waals surface area contributed by atoms with Gasteiger partial charge in [0, 0.05) is 0 Å². The number of carbonyl (C=O) groups is 1. The molecular formula is C15H19ClN4O2. The average molecular weight is 323 g/mol. The van der Waals surface area contributed by atoms with E-state index in [4.69, 9.17) is 10.5 Å². The second kappa shape index (κ2) is 8.09. The number of amides is 1. The molecule has 6 nitrogen and oxygen atoms in total. The van der Waals surface area contributed by atoms with E-state index in [1.807, 2.05) is 31.2 Å². The molecular weight excluding hydrogens is 304 g/mol. The number of rotatable bonds is 4. The standard InChI is InChI=1S/C15H18N4O2.ClH/c1-3-21-15(20)19-12-8-13(16)14(17-9-12)18-11-6-4-10(2)5-7-11;/h4-9H,3,16H2,1-2H3,(H,17,18)(H,19,20);1H. The summed E-state index contributed by atoms with van der Waals surface area (Å²) in [6.07, 6.45) is 1.13. The Kier molecular flexibility index (Phi) is 6.47. The predicted octanol–water partition coefficient (Wildman–Crippen LogP) is -0.293. The van der Waals surface area contributed by atoms with Gasteiger partial charge in [-0.15, -0.1) is 0 Å². The number of nitrogens with two attached hydrogens (primary N) is 1. The fourth-order valence-electron chi connectivity index (χ4n) is 1.76. The van der Waals surface area contributed by atoms with Crippen molar-refractivity contribution in [2.75, 3.05) is 23.0 Å². The van der Waals surface area contributed by atoms with Gasteiger partial charge in [0.1, 0.15) is 17.6 Å². The molecule has 0 radical (unpaired) electrons. The summed E-state index contributed by atoms with van der Waals surface area (Å²) in [6.45, 7) is 4.09. The van der Waals surface area contributed by atoms with Gasteiger partial charge in [0.2, 0.25) is 0 Å². The minimum absolute atomic E-state index is 0. The quantitative estimate of drug-likeness (QED) is 0.721. The molecule has 0 atom stereocenters. The first-order valence-electron chi connectivity index (χ1n) is 6.67. The highest BCUT2D eigenvalue weighted by molar-refractivity contribution is 5.85. The molecule has 2 rings (SSSR count). The molecule has 0 fully saturated rings. The first-order chi connectivity index (χ1) is 10.1. The Hall–Kier alpha value is -2.47. The number of hydrogen-bond acceptors (Lipinski definition) is 4. The van der Waals surface area contributed by atoms with E-state index in [-0.39, 0.29) is 12.4 Å². The minimum Gasteiger partial charge on any atom is -1.00 e. The minimum atomic E-state index is -0.510. The zero-order valence-corrected chi connectivity index (χ0v) is 13.2. The highest BCUT2D eigenvalue weighted by atomic mass is 35.5. The number of aromatic nitrogens is 1. The summed E-state index contributed by atoms with van der Waals surface area (Å²) >= 11 is 0. The number of nitrogens with one attached hydrogen (secondary N) is 3. The number of hydrogen-bond donors (Lipinski definition) is 3. The van der Waals surface area contributed by atoms with Gasteiger partial charge in [-0.25, -0.2) is 15.1 Å². The Bertz CT molecular complexity index is 632. The molecule has 0 aliphatic heterocycles. The van der Waals surface area contributed by atoms with Crippen LogP contribution in [-0.2, 0) is 4.74 Å². The van der Waals surface area contributed by atoms with Crippen LogP contribution in [0.2, 0.25) is 0 Å². The van der Waals surface area contributed by atoms with Gasteiger partial charge in [-0.2, -0.15) is 0 Å². The molecule has 0 aliphatic carbocycles. The van der Waals surface area contributed by atoms with Crippen LogP contribution in [0, 0.1) is 6.92 Å². The molecule has 5 N–H and O–H groups in total. The van der Waals surface area contributed by atoms with Crippen molar-refractivity contribution < 1.29 is 26.9 Å². The summed E-state index contributed by atoms with van der Waals surface area (Å²) in [6, 6.07) is 9.61. The summed E-state index contributed by atoms with van der Waals surface area (Å²) in [4.78, 5) is 14.3. The first-order valence-corrected chi connectivity index (χ1v) is 6.67. The predicted molar refractivity (Wildman–Crippen MR) is 82.5 cm³/mol. The summed E-state index contributed by atoms with van der Waals surface area (Å²) < 4.78 is 4.80. The number of aromatic amines is 1. The summed E-state index contributed by atoms with van der Waals surface area (Å²) in [7, 11) is 0. The van der Waals surface area contributed by atoms with Crippen molar-refractivity contribution in [3.8, 4) is 0 Å². The molecule has 0 bridgehead atoms. The second-order valence-corrected chi connectivity index (χ2v) is 4.56. The number of halogens is 1. The van der Waals surface area contributed by atoms with Crippen molar-refractivity contribution in [1.29, 1.82) is 0 Å². The van der Waals surface area contributed by atoms with E-state index in [9.17, 15) is 4.79 Å². The van der Waals surface area contributed by atoms with Crippen LogP contribution in [0.5, 0.6) is 0 Å². The van der Waals surface area contributed by atoms with E-state index in [0.29, 0.717) is 23.8 Å². The van der Waals surface area contributed by atoms with Gasteiger partial charge < -0.3 is 22.9 Å². The molecule has 118 valence electrons.